The Labute approximate surface area is 173 Å². The van der Waals surface area contributed by atoms with E-state index >= 15 is 0 Å². The number of anilines is 1. The molecule has 0 fully saturated rings. The Bertz CT molecular complexity index is 1030. The topological polar surface area (TPSA) is 138 Å². The number of alkyl halides is 3. The largest absolute Gasteiger partial charge is 0.465 e. The lowest BCUT2D eigenvalue weighted by Crippen LogP contribution is -2.43. The molecule has 0 aliphatic heterocycles. The molecule has 1 atom stereocenters. The van der Waals surface area contributed by atoms with E-state index < -0.39 is 35.4 Å². The Kier molecular flexibility index (Phi) is 7.61. The molecule has 31 heavy (non-hydrogen) atoms. The Morgan fingerprint density at radius 1 is 1.16 bits per heavy atom. The van der Waals surface area contributed by atoms with Crippen LogP contribution >= 0.6 is 0 Å². The maximum atomic E-state index is 13.1. The van der Waals surface area contributed by atoms with E-state index in [4.69, 9.17) is 9.52 Å². The fourth-order valence-corrected chi connectivity index (χ4v) is 2.86. The van der Waals surface area contributed by atoms with E-state index in [1.807, 2.05) is 0 Å². The standard InChI is InChI=1S/C19H20F3N3O6/c1-10(26)23-7-3-2-4-14(25-18(29)30)17(28)24-11-5-6-12-13(19(20,21)22)9-16(27)31-15(12)8-11/h5-6,8-9,14,25H,2-4,7H2,1H3,(H,23,26)(H,24,28)(H,29,30)/t14-/m0/s1. The summed E-state index contributed by atoms with van der Waals surface area (Å²) in [4.78, 5) is 45.8. The number of unbranched alkanes of at least 4 members (excludes halogenated alkanes) is 1. The number of hydrogen-bond donors (Lipinski definition) is 4. The summed E-state index contributed by atoms with van der Waals surface area (Å²) < 4.78 is 44.2. The number of fused-ring (bicyclic) bond motifs is 1. The normalized spacial score (nSPS) is 12.3. The van der Waals surface area contributed by atoms with Crippen molar-refractivity contribution in [2.24, 2.45) is 0 Å². The zero-order valence-corrected chi connectivity index (χ0v) is 16.3. The predicted octanol–water partition coefficient (Wildman–Crippen LogP) is 2.69. The van der Waals surface area contributed by atoms with E-state index in [1.165, 1.54) is 13.0 Å². The van der Waals surface area contributed by atoms with Crippen LogP contribution in [0.2, 0.25) is 0 Å². The van der Waals surface area contributed by atoms with Gasteiger partial charge in [0.2, 0.25) is 11.8 Å². The summed E-state index contributed by atoms with van der Waals surface area (Å²) in [6, 6.07) is 2.49. The monoisotopic (exact) mass is 443 g/mol. The number of rotatable bonds is 8. The fraction of sp³-hybridized carbons (Fsp3) is 0.368. The van der Waals surface area contributed by atoms with Gasteiger partial charge in [0.15, 0.2) is 0 Å². The van der Waals surface area contributed by atoms with Crippen molar-refractivity contribution < 1.29 is 37.1 Å². The average Bonchev–Trinajstić information content (AvgIpc) is 2.64. The smallest absolute Gasteiger partial charge is 0.417 e. The molecule has 12 heteroatoms. The molecule has 1 aromatic carbocycles. The number of carboxylic acid groups (broad SMARTS) is 1. The van der Waals surface area contributed by atoms with Gasteiger partial charge in [0, 0.05) is 36.7 Å². The van der Waals surface area contributed by atoms with Crippen LogP contribution in [0.25, 0.3) is 11.0 Å². The van der Waals surface area contributed by atoms with Crippen LogP contribution in [0.15, 0.2) is 33.5 Å². The van der Waals surface area contributed by atoms with E-state index in [2.05, 4.69) is 16.0 Å². The first kappa shape index (κ1) is 23.7. The van der Waals surface area contributed by atoms with Crippen molar-refractivity contribution >= 4 is 34.6 Å². The molecule has 0 spiro atoms. The Balaban J connectivity index is 2.16. The molecule has 0 aliphatic carbocycles. The summed E-state index contributed by atoms with van der Waals surface area (Å²) in [7, 11) is 0. The molecule has 0 radical (unpaired) electrons. The molecule has 2 aromatic rings. The van der Waals surface area contributed by atoms with Crippen LogP contribution in [0.4, 0.5) is 23.7 Å². The van der Waals surface area contributed by atoms with Crippen LogP contribution in [-0.2, 0) is 15.8 Å². The lowest BCUT2D eigenvalue weighted by molar-refractivity contribution is -0.136. The van der Waals surface area contributed by atoms with Crippen molar-refractivity contribution in [1.29, 1.82) is 0 Å². The quantitative estimate of drug-likeness (QED) is 0.366. The molecule has 0 saturated heterocycles. The van der Waals surface area contributed by atoms with Gasteiger partial charge in [0.25, 0.3) is 0 Å². The number of benzene rings is 1. The molecular weight excluding hydrogens is 423 g/mol. The lowest BCUT2D eigenvalue weighted by Gasteiger charge is -2.17. The highest BCUT2D eigenvalue weighted by atomic mass is 19.4. The molecule has 3 amide bonds. The molecule has 1 aromatic heterocycles. The van der Waals surface area contributed by atoms with Crippen molar-refractivity contribution in [1.82, 2.24) is 10.6 Å². The summed E-state index contributed by atoms with van der Waals surface area (Å²) >= 11 is 0. The minimum Gasteiger partial charge on any atom is -0.465 e. The van der Waals surface area contributed by atoms with E-state index in [9.17, 15) is 32.3 Å². The molecule has 4 N–H and O–H groups in total. The summed E-state index contributed by atoms with van der Waals surface area (Å²) in [6.45, 7) is 1.72. The second kappa shape index (κ2) is 9.96. The van der Waals surface area contributed by atoms with Crippen LogP contribution < -0.4 is 21.6 Å². The van der Waals surface area contributed by atoms with Gasteiger partial charge in [0.1, 0.15) is 11.6 Å². The third kappa shape index (κ3) is 7.01. The first-order valence-electron chi connectivity index (χ1n) is 9.17. The number of hydrogen-bond acceptors (Lipinski definition) is 5. The SMILES string of the molecule is CC(=O)NCCCC[C@H](NC(=O)O)C(=O)Nc1ccc2c(C(F)(F)F)cc(=O)oc2c1. The molecule has 0 aliphatic rings. The first-order chi connectivity index (χ1) is 14.5. The molecule has 1 heterocycles. The molecule has 0 unspecified atom stereocenters. The third-order valence-electron chi connectivity index (χ3n) is 4.23. The van der Waals surface area contributed by atoms with Gasteiger partial charge in [-0.2, -0.15) is 13.2 Å². The van der Waals surface area contributed by atoms with Crippen LogP contribution in [0.1, 0.15) is 31.7 Å². The highest BCUT2D eigenvalue weighted by molar-refractivity contribution is 5.98. The maximum absolute atomic E-state index is 13.1. The zero-order chi connectivity index (χ0) is 23.2. The Hall–Kier alpha value is -3.57. The van der Waals surface area contributed by atoms with Crippen molar-refractivity contribution in [3.63, 3.8) is 0 Å². The van der Waals surface area contributed by atoms with Crippen molar-refractivity contribution in [2.45, 2.75) is 38.4 Å². The van der Waals surface area contributed by atoms with Crippen molar-refractivity contribution in [3.8, 4) is 0 Å². The van der Waals surface area contributed by atoms with E-state index in [-0.39, 0.29) is 29.0 Å². The molecule has 0 saturated carbocycles. The van der Waals surface area contributed by atoms with Crippen LogP contribution in [0.5, 0.6) is 0 Å². The summed E-state index contributed by atoms with van der Waals surface area (Å²) in [5.74, 6) is -0.954. The summed E-state index contributed by atoms with van der Waals surface area (Å²) in [5.41, 5.74) is -2.72. The predicted molar refractivity (Wildman–Crippen MR) is 104 cm³/mol. The minimum atomic E-state index is -4.77. The van der Waals surface area contributed by atoms with Gasteiger partial charge in [-0.3, -0.25) is 9.59 Å². The Morgan fingerprint density at radius 3 is 2.48 bits per heavy atom. The van der Waals surface area contributed by atoms with Gasteiger partial charge in [-0.1, -0.05) is 0 Å². The second-order valence-electron chi connectivity index (χ2n) is 6.66. The van der Waals surface area contributed by atoms with Crippen LogP contribution in [-0.4, -0.2) is 35.6 Å². The Morgan fingerprint density at radius 2 is 1.87 bits per heavy atom. The number of amides is 3. The molecule has 2 rings (SSSR count). The fourth-order valence-electron chi connectivity index (χ4n) is 2.86. The molecular formula is C19H20F3N3O6. The number of carbonyl (C=O) groups is 3. The van der Waals surface area contributed by atoms with E-state index in [0.717, 1.165) is 12.1 Å². The number of nitrogens with one attached hydrogen (secondary N) is 3. The highest BCUT2D eigenvalue weighted by Gasteiger charge is 2.34. The van der Waals surface area contributed by atoms with Gasteiger partial charge in [-0.25, -0.2) is 9.59 Å². The van der Waals surface area contributed by atoms with E-state index in [0.29, 0.717) is 25.5 Å². The minimum absolute atomic E-state index is 0.0235. The second-order valence-corrected chi connectivity index (χ2v) is 6.66. The van der Waals surface area contributed by atoms with Crippen molar-refractivity contribution in [2.75, 3.05) is 11.9 Å². The lowest BCUT2D eigenvalue weighted by atomic mass is 10.1. The van der Waals surface area contributed by atoms with E-state index in [1.54, 1.807) is 0 Å². The number of halogens is 3. The zero-order valence-electron chi connectivity index (χ0n) is 16.3. The molecule has 9 nitrogen and oxygen atoms in total. The summed E-state index contributed by atoms with van der Waals surface area (Å²) in [6.07, 6.45) is -5.15. The maximum Gasteiger partial charge on any atom is 0.417 e. The molecule has 0 bridgehead atoms. The van der Waals surface area contributed by atoms with Gasteiger partial charge in [-0.15, -0.1) is 0 Å². The molecule has 168 valence electrons. The highest BCUT2D eigenvalue weighted by Crippen LogP contribution is 2.34. The third-order valence-corrected chi connectivity index (χ3v) is 4.23. The van der Waals surface area contributed by atoms with Gasteiger partial charge in [-0.05, 0) is 31.4 Å². The van der Waals surface area contributed by atoms with Gasteiger partial charge < -0.3 is 25.5 Å². The number of carbonyl (C=O) groups excluding carboxylic acids is 2. The van der Waals surface area contributed by atoms with Crippen LogP contribution in [0.3, 0.4) is 0 Å². The first-order valence-corrected chi connectivity index (χ1v) is 9.17. The summed E-state index contributed by atoms with van der Waals surface area (Å²) in [5, 5.41) is 15.6. The van der Waals surface area contributed by atoms with Gasteiger partial charge >= 0.3 is 17.9 Å². The van der Waals surface area contributed by atoms with Crippen LogP contribution in [0, 0.1) is 0 Å². The van der Waals surface area contributed by atoms with Gasteiger partial charge in [0.05, 0.1) is 5.56 Å². The van der Waals surface area contributed by atoms with Crippen molar-refractivity contribution in [3.05, 3.63) is 40.2 Å². The average molecular weight is 443 g/mol.